The van der Waals surface area contributed by atoms with Crippen molar-refractivity contribution < 1.29 is 9.32 Å². The number of fused-ring (bicyclic) bond motifs is 3. The van der Waals surface area contributed by atoms with Crippen LogP contribution in [0.1, 0.15) is 23.2 Å². The summed E-state index contributed by atoms with van der Waals surface area (Å²) >= 11 is 12.8. The van der Waals surface area contributed by atoms with Crippen molar-refractivity contribution in [3.63, 3.8) is 0 Å². The number of piperidine rings is 1. The fraction of sp³-hybridized carbons (Fsp3) is 0.292. The van der Waals surface area contributed by atoms with Crippen LogP contribution in [-0.2, 0) is 7.05 Å². The summed E-state index contributed by atoms with van der Waals surface area (Å²) in [4.78, 5) is 31.5. The Kier molecular flexibility index (Phi) is 5.38. The Balaban J connectivity index is 1.24. The summed E-state index contributed by atoms with van der Waals surface area (Å²) in [6.07, 6.45) is 3.44. The van der Waals surface area contributed by atoms with Gasteiger partial charge in [0.05, 0.1) is 38.8 Å². The zero-order valence-corrected chi connectivity index (χ0v) is 20.6. The molecule has 1 saturated heterocycles. The van der Waals surface area contributed by atoms with E-state index in [0.29, 0.717) is 50.2 Å². The number of nitrogens with one attached hydrogen (secondary N) is 1. The third kappa shape index (κ3) is 3.59. The molecule has 6 rings (SSSR count). The van der Waals surface area contributed by atoms with E-state index < -0.39 is 0 Å². The van der Waals surface area contributed by atoms with Crippen LogP contribution in [0.3, 0.4) is 0 Å². The molecule has 0 spiro atoms. The molecule has 1 aliphatic carbocycles. The average molecular weight is 526 g/mol. The lowest BCUT2D eigenvalue weighted by atomic mass is 10.0. The molecule has 1 aliphatic heterocycles. The first-order valence-electron chi connectivity index (χ1n) is 11.4. The molecule has 0 radical (unpaired) electrons. The molecule has 184 valence electrons. The van der Waals surface area contributed by atoms with Crippen molar-refractivity contribution >= 4 is 51.7 Å². The van der Waals surface area contributed by atoms with Crippen molar-refractivity contribution in [2.45, 2.75) is 24.9 Å². The Morgan fingerprint density at radius 3 is 2.81 bits per heavy atom. The van der Waals surface area contributed by atoms with E-state index in [1.165, 1.54) is 10.7 Å². The molecule has 3 aromatic heterocycles. The van der Waals surface area contributed by atoms with Gasteiger partial charge < -0.3 is 20.5 Å². The van der Waals surface area contributed by atoms with Crippen molar-refractivity contribution in [3.05, 3.63) is 62.5 Å². The first-order chi connectivity index (χ1) is 17.3. The maximum absolute atomic E-state index is 13.2. The van der Waals surface area contributed by atoms with E-state index in [1.54, 1.807) is 37.5 Å². The number of hydrogen-bond acceptors (Lipinski definition) is 8. The highest BCUT2D eigenvalue weighted by Crippen LogP contribution is 2.43. The van der Waals surface area contributed by atoms with Gasteiger partial charge in [-0.1, -0.05) is 34.4 Å². The molecule has 10 nitrogen and oxygen atoms in total. The first kappa shape index (κ1) is 22.8. The maximum Gasteiger partial charge on any atom is 0.266 e. The fourth-order valence-electron chi connectivity index (χ4n) is 5.33. The van der Waals surface area contributed by atoms with Gasteiger partial charge in [-0.2, -0.15) is 5.10 Å². The van der Waals surface area contributed by atoms with Gasteiger partial charge in [0.1, 0.15) is 0 Å². The normalized spacial score (nSPS) is 20.9. The quantitative estimate of drug-likeness (QED) is 0.414. The number of hydrogen-bond donors (Lipinski definition) is 2. The first-order valence-corrected chi connectivity index (χ1v) is 12.2. The number of anilines is 2. The molecule has 2 bridgehead atoms. The molecule has 3 N–H and O–H groups in total. The van der Waals surface area contributed by atoms with Crippen molar-refractivity contribution in [1.82, 2.24) is 25.2 Å². The minimum Gasteiger partial charge on any atom is -0.380 e. The summed E-state index contributed by atoms with van der Waals surface area (Å²) < 4.78 is 6.70. The smallest absolute Gasteiger partial charge is 0.266 e. The lowest BCUT2D eigenvalue weighted by Crippen LogP contribution is -2.44. The largest absolute Gasteiger partial charge is 0.380 e. The molecule has 1 saturated carbocycles. The number of nitrogen functional groups attached to an aromatic ring is 1. The van der Waals surface area contributed by atoms with Gasteiger partial charge in [-0.15, -0.1) is 0 Å². The standard InChI is InChI=1S/C24H21Cl2N7O3/c1-32-18(34)7-5-16(30-32)11-2-4-13(14(25)8-11)24(35)29-20-12-3-6-17(20)33(10-12)23-21-19(15(26)9-28-23)22(27)31-36-21/h2,4-5,7-9,12,17,20H,3,6,10H2,1H3,(H2,27,31)(H,29,35)/t12-,17-,20+/m0/s1. The molecule has 4 heterocycles. The summed E-state index contributed by atoms with van der Waals surface area (Å²) in [5.41, 5.74) is 7.84. The number of benzene rings is 1. The van der Waals surface area contributed by atoms with Gasteiger partial charge in [-0.3, -0.25) is 9.59 Å². The van der Waals surface area contributed by atoms with Crippen LogP contribution in [0.15, 0.2) is 45.8 Å². The predicted molar refractivity (Wildman–Crippen MR) is 136 cm³/mol. The molecule has 12 heteroatoms. The minimum absolute atomic E-state index is 0.0370. The Hall–Kier alpha value is -3.63. The molecule has 2 aliphatic rings. The monoisotopic (exact) mass is 525 g/mol. The van der Waals surface area contributed by atoms with E-state index >= 15 is 0 Å². The molecular formula is C24H21Cl2N7O3. The van der Waals surface area contributed by atoms with Crippen LogP contribution in [0.4, 0.5) is 11.6 Å². The second kappa shape index (κ2) is 8.49. The van der Waals surface area contributed by atoms with E-state index in [2.05, 4.69) is 25.5 Å². The Morgan fingerprint density at radius 1 is 1.19 bits per heavy atom. The number of nitrogens with zero attached hydrogens (tertiary/aromatic N) is 5. The SMILES string of the molecule is Cn1nc(-c2ccc(C(=O)N[C@@H]3[C@H]4CC[C@@H]3N(c3ncc(Cl)c5c(N)noc35)C4)c(Cl)c2)ccc1=O. The van der Waals surface area contributed by atoms with Crippen molar-refractivity contribution in [1.29, 1.82) is 0 Å². The number of carbonyl (C=O) groups is 1. The zero-order chi connectivity index (χ0) is 25.1. The highest BCUT2D eigenvalue weighted by Gasteiger charge is 2.49. The van der Waals surface area contributed by atoms with Crippen LogP contribution in [-0.4, -0.2) is 44.5 Å². The van der Waals surface area contributed by atoms with Crippen molar-refractivity contribution in [2.24, 2.45) is 13.0 Å². The van der Waals surface area contributed by atoms with Crippen LogP contribution >= 0.6 is 23.2 Å². The lowest BCUT2D eigenvalue weighted by Gasteiger charge is -2.28. The van der Waals surface area contributed by atoms with E-state index in [1.807, 2.05) is 0 Å². The lowest BCUT2D eigenvalue weighted by molar-refractivity contribution is 0.0932. The summed E-state index contributed by atoms with van der Waals surface area (Å²) in [5, 5.41) is 12.5. The number of carbonyl (C=O) groups excluding carboxylic acids is 1. The number of rotatable bonds is 4. The highest BCUT2D eigenvalue weighted by molar-refractivity contribution is 6.36. The van der Waals surface area contributed by atoms with Crippen molar-refractivity contribution in [3.8, 4) is 11.3 Å². The number of nitrogens with two attached hydrogens (primary N) is 1. The van der Waals surface area contributed by atoms with Gasteiger partial charge in [0.2, 0.25) is 5.58 Å². The number of halogens is 2. The van der Waals surface area contributed by atoms with Crippen LogP contribution < -0.4 is 21.5 Å². The molecule has 1 amide bonds. The van der Waals surface area contributed by atoms with Gasteiger partial charge in [0, 0.05) is 31.4 Å². The number of aromatic nitrogens is 4. The van der Waals surface area contributed by atoms with Crippen LogP contribution in [0.25, 0.3) is 22.2 Å². The highest BCUT2D eigenvalue weighted by atomic mass is 35.5. The van der Waals surface area contributed by atoms with Gasteiger partial charge >= 0.3 is 0 Å². The van der Waals surface area contributed by atoms with E-state index in [-0.39, 0.29) is 35.3 Å². The van der Waals surface area contributed by atoms with Gasteiger partial charge in [-0.05, 0) is 37.0 Å². The van der Waals surface area contributed by atoms with Crippen LogP contribution in [0, 0.1) is 5.92 Å². The van der Waals surface area contributed by atoms with Crippen LogP contribution in [0.2, 0.25) is 10.0 Å². The second-order valence-corrected chi connectivity index (χ2v) is 9.95. The summed E-state index contributed by atoms with van der Waals surface area (Å²) in [6, 6.07) is 8.15. The summed E-state index contributed by atoms with van der Waals surface area (Å²) in [6.45, 7) is 0.713. The minimum atomic E-state index is -0.248. The second-order valence-electron chi connectivity index (χ2n) is 9.13. The molecule has 2 fully saturated rings. The average Bonchev–Trinajstić information content (AvgIpc) is 3.54. The third-order valence-electron chi connectivity index (χ3n) is 7.09. The molecule has 3 atom stereocenters. The Labute approximate surface area is 215 Å². The van der Waals surface area contributed by atoms with E-state index in [4.69, 9.17) is 33.5 Å². The number of pyridine rings is 1. The number of amides is 1. The fourth-order valence-corrected chi connectivity index (χ4v) is 5.83. The molecular weight excluding hydrogens is 505 g/mol. The maximum atomic E-state index is 13.2. The molecule has 0 unspecified atom stereocenters. The Morgan fingerprint density at radius 2 is 2.03 bits per heavy atom. The van der Waals surface area contributed by atoms with Gasteiger partial charge in [-0.25, -0.2) is 9.67 Å². The van der Waals surface area contributed by atoms with Crippen molar-refractivity contribution in [2.75, 3.05) is 17.2 Å². The molecule has 4 aromatic rings. The van der Waals surface area contributed by atoms with E-state index in [9.17, 15) is 9.59 Å². The zero-order valence-electron chi connectivity index (χ0n) is 19.1. The van der Waals surface area contributed by atoms with Gasteiger partial charge in [0.25, 0.3) is 11.5 Å². The van der Waals surface area contributed by atoms with Gasteiger partial charge in [0.15, 0.2) is 11.6 Å². The Bertz CT molecular complexity index is 1580. The number of aryl methyl sites for hydroxylation is 1. The summed E-state index contributed by atoms with van der Waals surface area (Å²) in [5.74, 6) is 0.845. The topological polar surface area (TPSA) is 132 Å². The molecule has 1 aromatic carbocycles. The van der Waals surface area contributed by atoms with Crippen LogP contribution in [0.5, 0.6) is 0 Å². The third-order valence-corrected chi connectivity index (χ3v) is 7.69. The molecule has 36 heavy (non-hydrogen) atoms. The predicted octanol–water partition coefficient (Wildman–Crippen LogP) is 3.27. The van der Waals surface area contributed by atoms with E-state index in [0.717, 1.165) is 12.8 Å². The summed E-state index contributed by atoms with van der Waals surface area (Å²) in [7, 11) is 1.58.